The molecular formula is C14H18N4. The number of allylic oxidation sites excluding steroid dienone is 1. The summed E-state index contributed by atoms with van der Waals surface area (Å²) < 4.78 is 1.66. The van der Waals surface area contributed by atoms with E-state index < -0.39 is 5.41 Å². The van der Waals surface area contributed by atoms with Gasteiger partial charge in [0.15, 0.2) is 5.41 Å². The zero-order valence-corrected chi connectivity index (χ0v) is 11.1. The van der Waals surface area contributed by atoms with E-state index in [1.807, 2.05) is 12.3 Å². The van der Waals surface area contributed by atoms with Gasteiger partial charge >= 0.3 is 0 Å². The molecule has 0 radical (unpaired) electrons. The summed E-state index contributed by atoms with van der Waals surface area (Å²) in [4.78, 5) is 0. The fourth-order valence-electron chi connectivity index (χ4n) is 1.62. The lowest BCUT2D eigenvalue weighted by molar-refractivity contribution is 0.403. The summed E-state index contributed by atoms with van der Waals surface area (Å²) in [6.45, 7) is 10.1. The van der Waals surface area contributed by atoms with E-state index in [1.165, 1.54) is 0 Å². The van der Waals surface area contributed by atoms with Crippen LogP contribution in [0.25, 0.3) is 0 Å². The smallest absolute Gasteiger partial charge is 0.166 e. The van der Waals surface area contributed by atoms with Crippen LogP contribution in [0.5, 0.6) is 0 Å². The second kappa shape index (κ2) is 5.06. The van der Waals surface area contributed by atoms with E-state index in [1.54, 1.807) is 10.8 Å². The van der Waals surface area contributed by atoms with E-state index in [-0.39, 0.29) is 12.0 Å². The van der Waals surface area contributed by atoms with Gasteiger partial charge in [-0.3, -0.25) is 4.68 Å². The molecule has 0 saturated carbocycles. The number of hydrogen-bond acceptors (Lipinski definition) is 3. The minimum Gasteiger partial charge on any atom is -0.270 e. The summed E-state index contributed by atoms with van der Waals surface area (Å²) >= 11 is 0. The molecule has 0 bridgehead atoms. The highest BCUT2D eigenvalue weighted by Gasteiger charge is 2.30. The van der Waals surface area contributed by atoms with Crippen LogP contribution in [-0.2, 0) is 12.0 Å². The molecule has 0 saturated heterocycles. The minimum absolute atomic E-state index is 0.0361. The first-order chi connectivity index (χ1) is 8.37. The topological polar surface area (TPSA) is 65.4 Å². The standard InChI is InChI=1S/C14H18N4/c1-5-7-14(9-15,10-16)11-18-8-6-12(17-18)13(2,3)4/h5-6,8H,1,7,11H2,2-4H3. The molecule has 0 atom stereocenters. The normalized spacial score (nSPS) is 11.6. The first-order valence-electron chi connectivity index (χ1n) is 5.84. The molecule has 0 N–H and O–H groups in total. The Morgan fingerprint density at radius 3 is 2.39 bits per heavy atom. The number of nitrogens with zero attached hydrogens (tertiary/aromatic N) is 4. The van der Waals surface area contributed by atoms with Crippen LogP contribution in [0.1, 0.15) is 32.9 Å². The number of rotatable bonds is 4. The molecule has 18 heavy (non-hydrogen) atoms. The van der Waals surface area contributed by atoms with Gasteiger partial charge in [0.25, 0.3) is 0 Å². The Labute approximate surface area is 108 Å². The van der Waals surface area contributed by atoms with Gasteiger partial charge < -0.3 is 0 Å². The predicted molar refractivity (Wildman–Crippen MR) is 69.4 cm³/mol. The first-order valence-corrected chi connectivity index (χ1v) is 5.84. The minimum atomic E-state index is -1.08. The lowest BCUT2D eigenvalue weighted by Gasteiger charge is -2.17. The van der Waals surface area contributed by atoms with E-state index in [0.29, 0.717) is 6.42 Å². The van der Waals surface area contributed by atoms with E-state index in [0.717, 1.165) is 5.69 Å². The van der Waals surface area contributed by atoms with E-state index in [2.05, 4.69) is 44.6 Å². The molecule has 1 aromatic rings. The van der Waals surface area contributed by atoms with Crippen molar-refractivity contribution in [1.82, 2.24) is 9.78 Å². The molecule has 1 aromatic heterocycles. The van der Waals surface area contributed by atoms with Gasteiger partial charge in [-0.25, -0.2) is 0 Å². The van der Waals surface area contributed by atoms with Crippen LogP contribution in [0.2, 0.25) is 0 Å². The second-order valence-electron chi connectivity index (χ2n) is 5.45. The average molecular weight is 242 g/mol. The fourth-order valence-corrected chi connectivity index (χ4v) is 1.62. The highest BCUT2D eigenvalue weighted by molar-refractivity contribution is 5.17. The average Bonchev–Trinajstić information content (AvgIpc) is 2.76. The SMILES string of the molecule is C=CCC(C#N)(C#N)Cn1ccc(C(C)(C)C)n1. The largest absolute Gasteiger partial charge is 0.270 e. The molecule has 4 heteroatoms. The Morgan fingerprint density at radius 2 is 2.00 bits per heavy atom. The van der Waals surface area contributed by atoms with Crippen molar-refractivity contribution in [3.63, 3.8) is 0 Å². The molecular weight excluding hydrogens is 224 g/mol. The van der Waals surface area contributed by atoms with Crippen molar-refractivity contribution < 1.29 is 0 Å². The third kappa shape index (κ3) is 2.99. The summed E-state index contributed by atoms with van der Waals surface area (Å²) in [7, 11) is 0. The van der Waals surface area contributed by atoms with E-state index in [9.17, 15) is 10.5 Å². The van der Waals surface area contributed by atoms with Crippen molar-refractivity contribution >= 4 is 0 Å². The molecule has 0 aromatic carbocycles. The molecule has 0 amide bonds. The molecule has 94 valence electrons. The zero-order chi connectivity index (χ0) is 13.8. The van der Waals surface area contributed by atoms with Gasteiger partial charge in [-0.15, -0.1) is 6.58 Å². The summed E-state index contributed by atoms with van der Waals surface area (Å²) in [6, 6.07) is 6.06. The molecule has 0 aliphatic heterocycles. The van der Waals surface area contributed by atoms with Gasteiger partial charge in [0, 0.05) is 11.6 Å². The Hall–Kier alpha value is -2.07. The van der Waals surface area contributed by atoms with Gasteiger partial charge in [-0.1, -0.05) is 26.8 Å². The van der Waals surface area contributed by atoms with Gasteiger partial charge in [0.2, 0.25) is 0 Å². The predicted octanol–water partition coefficient (Wildman–Crippen LogP) is 2.79. The van der Waals surface area contributed by atoms with Crippen molar-refractivity contribution in [2.75, 3.05) is 0 Å². The van der Waals surface area contributed by atoms with Crippen molar-refractivity contribution in [1.29, 1.82) is 10.5 Å². The third-order valence-electron chi connectivity index (χ3n) is 2.76. The lowest BCUT2D eigenvalue weighted by atomic mass is 9.88. The van der Waals surface area contributed by atoms with Crippen LogP contribution >= 0.6 is 0 Å². The molecule has 0 unspecified atom stereocenters. The van der Waals surface area contributed by atoms with Gasteiger partial charge in [-0.2, -0.15) is 15.6 Å². The quantitative estimate of drug-likeness (QED) is 0.762. The molecule has 4 nitrogen and oxygen atoms in total. The summed E-state index contributed by atoms with van der Waals surface area (Å²) in [5.41, 5.74) is -0.167. The second-order valence-corrected chi connectivity index (χ2v) is 5.45. The highest BCUT2D eigenvalue weighted by Crippen LogP contribution is 2.25. The maximum Gasteiger partial charge on any atom is 0.166 e. The molecule has 1 rings (SSSR count). The van der Waals surface area contributed by atoms with Gasteiger partial charge in [0.1, 0.15) is 0 Å². The van der Waals surface area contributed by atoms with Crippen molar-refractivity contribution in [2.45, 2.75) is 39.2 Å². The maximum atomic E-state index is 9.17. The van der Waals surface area contributed by atoms with Gasteiger partial charge in [0.05, 0.1) is 24.4 Å². The summed E-state index contributed by atoms with van der Waals surface area (Å²) in [5, 5.41) is 22.8. The molecule has 0 fully saturated rings. The van der Waals surface area contributed by atoms with Crippen LogP contribution in [0, 0.1) is 28.1 Å². The first kappa shape index (κ1) is 14.0. The molecule has 0 spiro atoms. The Morgan fingerprint density at radius 1 is 1.39 bits per heavy atom. The van der Waals surface area contributed by atoms with Crippen LogP contribution in [0.4, 0.5) is 0 Å². The Balaban J connectivity index is 2.97. The van der Waals surface area contributed by atoms with Gasteiger partial charge in [-0.05, 0) is 12.5 Å². The van der Waals surface area contributed by atoms with Crippen molar-refractivity contribution in [2.24, 2.45) is 5.41 Å². The lowest BCUT2D eigenvalue weighted by Crippen LogP contribution is -2.24. The molecule has 0 aliphatic rings. The fraction of sp³-hybridized carbons (Fsp3) is 0.500. The maximum absolute atomic E-state index is 9.17. The Bertz CT molecular complexity index is 491. The van der Waals surface area contributed by atoms with Crippen LogP contribution in [0.15, 0.2) is 24.9 Å². The summed E-state index contributed by atoms with van der Waals surface area (Å²) in [6.07, 6.45) is 3.75. The van der Waals surface area contributed by atoms with Crippen LogP contribution < -0.4 is 0 Å². The van der Waals surface area contributed by atoms with Crippen LogP contribution in [0.3, 0.4) is 0 Å². The number of hydrogen-bond donors (Lipinski definition) is 0. The third-order valence-corrected chi connectivity index (χ3v) is 2.76. The Kier molecular flexibility index (Phi) is 3.93. The summed E-state index contributed by atoms with van der Waals surface area (Å²) in [5.74, 6) is 0. The van der Waals surface area contributed by atoms with Crippen molar-refractivity contribution in [3.8, 4) is 12.1 Å². The zero-order valence-electron chi connectivity index (χ0n) is 11.1. The number of aromatic nitrogens is 2. The monoisotopic (exact) mass is 242 g/mol. The number of nitriles is 2. The molecule has 0 aliphatic carbocycles. The van der Waals surface area contributed by atoms with Crippen molar-refractivity contribution in [3.05, 3.63) is 30.6 Å². The highest BCUT2D eigenvalue weighted by atomic mass is 15.3. The van der Waals surface area contributed by atoms with Crippen LogP contribution in [-0.4, -0.2) is 9.78 Å². The van der Waals surface area contributed by atoms with E-state index >= 15 is 0 Å². The molecule has 1 heterocycles. The van der Waals surface area contributed by atoms with E-state index in [4.69, 9.17) is 0 Å².